The molecule has 0 bridgehead atoms. The lowest BCUT2D eigenvalue weighted by atomic mass is 10.1. The Hall–Kier alpha value is -3.32. The third-order valence-electron chi connectivity index (χ3n) is 3.95. The molecule has 0 saturated carbocycles. The van der Waals surface area contributed by atoms with Crippen molar-refractivity contribution in [2.24, 2.45) is 0 Å². The summed E-state index contributed by atoms with van der Waals surface area (Å²) >= 11 is 5.85. The van der Waals surface area contributed by atoms with Crippen LogP contribution in [-0.2, 0) is 9.59 Å². The molecule has 0 aliphatic heterocycles. The van der Waals surface area contributed by atoms with Gasteiger partial charge in [-0.15, -0.1) is 0 Å². The number of hydrogen-bond donors (Lipinski definition) is 2. The largest absolute Gasteiger partial charge is 0.471 e. The summed E-state index contributed by atoms with van der Waals surface area (Å²) in [5.41, 5.74) is 0.503. The van der Waals surface area contributed by atoms with E-state index in [2.05, 4.69) is 5.32 Å². The molecule has 2 amide bonds. The number of rotatable bonds is 4. The Morgan fingerprint density at radius 3 is 2.31 bits per heavy atom. The molecular formula is C21H14ClF3N2O2. The van der Waals surface area contributed by atoms with Gasteiger partial charge in [-0.2, -0.15) is 13.2 Å². The maximum absolute atomic E-state index is 12.5. The number of hydrogen-bond acceptors (Lipinski definition) is 2. The molecule has 148 valence electrons. The Balaban J connectivity index is 1.76. The number of carbonyl (C=O) groups is 2. The van der Waals surface area contributed by atoms with Crippen LogP contribution in [-0.4, -0.2) is 18.0 Å². The molecule has 8 heteroatoms. The van der Waals surface area contributed by atoms with Crippen molar-refractivity contribution in [3.05, 3.63) is 77.3 Å². The zero-order valence-corrected chi connectivity index (χ0v) is 15.5. The molecular weight excluding hydrogens is 405 g/mol. The molecule has 3 aromatic rings. The van der Waals surface area contributed by atoms with Gasteiger partial charge < -0.3 is 10.6 Å². The van der Waals surface area contributed by atoms with E-state index in [-0.39, 0.29) is 16.4 Å². The lowest BCUT2D eigenvalue weighted by Gasteiger charge is -2.13. The van der Waals surface area contributed by atoms with Gasteiger partial charge in [0.25, 0.3) is 0 Å². The first-order chi connectivity index (χ1) is 13.7. The first kappa shape index (κ1) is 20.4. The highest BCUT2D eigenvalue weighted by atomic mass is 35.5. The van der Waals surface area contributed by atoms with Crippen LogP contribution in [0.4, 0.5) is 24.5 Å². The topological polar surface area (TPSA) is 58.2 Å². The fourth-order valence-corrected chi connectivity index (χ4v) is 2.75. The minimum Gasteiger partial charge on any atom is -0.321 e. The summed E-state index contributed by atoms with van der Waals surface area (Å²) in [6.07, 6.45) is -2.25. The predicted molar refractivity (Wildman–Crippen MR) is 108 cm³/mol. The normalized spacial score (nSPS) is 11.6. The van der Waals surface area contributed by atoms with E-state index in [0.717, 1.165) is 16.3 Å². The van der Waals surface area contributed by atoms with Gasteiger partial charge in [0.1, 0.15) is 0 Å². The van der Waals surface area contributed by atoms with Gasteiger partial charge in [0.05, 0.1) is 11.4 Å². The third kappa shape index (κ3) is 5.36. The monoisotopic (exact) mass is 418 g/mol. The summed E-state index contributed by atoms with van der Waals surface area (Å²) in [7, 11) is 0. The second-order valence-corrected chi connectivity index (χ2v) is 6.51. The Kier molecular flexibility index (Phi) is 5.89. The molecule has 2 N–H and O–H groups in total. The molecule has 3 aromatic carbocycles. The molecule has 0 fully saturated rings. The Labute approximate surface area is 169 Å². The molecule has 0 aliphatic carbocycles. The lowest BCUT2D eigenvalue weighted by Crippen LogP contribution is -2.30. The number of carbonyl (C=O) groups excluding carboxylic acids is 2. The second-order valence-electron chi connectivity index (χ2n) is 6.07. The molecule has 0 aromatic heterocycles. The summed E-state index contributed by atoms with van der Waals surface area (Å²) in [5.74, 6) is -2.75. The van der Waals surface area contributed by atoms with Gasteiger partial charge in [0.2, 0.25) is 5.91 Å². The van der Waals surface area contributed by atoms with Gasteiger partial charge in [-0.25, -0.2) is 0 Å². The Morgan fingerprint density at radius 2 is 1.59 bits per heavy atom. The SMILES string of the molecule is O=C(C=Cc1ccc2ccccc2c1)Nc1cc(Cl)ccc1NC(=O)C(F)(F)F. The van der Waals surface area contributed by atoms with E-state index < -0.39 is 18.0 Å². The number of amides is 2. The van der Waals surface area contributed by atoms with Crippen LogP contribution in [0.2, 0.25) is 5.02 Å². The number of fused-ring (bicyclic) bond motifs is 1. The fraction of sp³-hybridized carbons (Fsp3) is 0.0476. The van der Waals surface area contributed by atoms with Crippen molar-refractivity contribution in [3.63, 3.8) is 0 Å². The Bertz CT molecular complexity index is 1110. The maximum Gasteiger partial charge on any atom is 0.471 e. The van der Waals surface area contributed by atoms with Crippen molar-refractivity contribution in [3.8, 4) is 0 Å². The number of nitrogens with one attached hydrogen (secondary N) is 2. The third-order valence-corrected chi connectivity index (χ3v) is 4.18. The quantitative estimate of drug-likeness (QED) is 0.538. The highest BCUT2D eigenvalue weighted by molar-refractivity contribution is 6.31. The molecule has 0 saturated heterocycles. The van der Waals surface area contributed by atoms with Crippen molar-refractivity contribution >= 4 is 51.6 Å². The first-order valence-corrected chi connectivity index (χ1v) is 8.76. The lowest BCUT2D eigenvalue weighted by molar-refractivity contribution is -0.167. The van der Waals surface area contributed by atoms with Gasteiger partial charge in [-0.05, 0) is 46.7 Å². The summed E-state index contributed by atoms with van der Waals surface area (Å²) < 4.78 is 37.5. The van der Waals surface area contributed by atoms with Crippen molar-refractivity contribution in [1.29, 1.82) is 0 Å². The molecule has 0 heterocycles. The minimum atomic E-state index is -5.06. The van der Waals surface area contributed by atoms with Gasteiger partial charge in [0.15, 0.2) is 0 Å². The fourth-order valence-electron chi connectivity index (χ4n) is 2.58. The van der Waals surface area contributed by atoms with Crippen LogP contribution in [0.25, 0.3) is 16.8 Å². The van der Waals surface area contributed by atoms with Crippen molar-refractivity contribution in [1.82, 2.24) is 0 Å². The van der Waals surface area contributed by atoms with Crippen molar-refractivity contribution < 1.29 is 22.8 Å². The smallest absolute Gasteiger partial charge is 0.321 e. The van der Waals surface area contributed by atoms with Crippen LogP contribution >= 0.6 is 11.6 Å². The molecule has 0 atom stereocenters. The van der Waals surface area contributed by atoms with Crippen LogP contribution < -0.4 is 10.6 Å². The van der Waals surface area contributed by atoms with Crippen molar-refractivity contribution in [2.75, 3.05) is 10.6 Å². The van der Waals surface area contributed by atoms with E-state index in [9.17, 15) is 22.8 Å². The highest BCUT2D eigenvalue weighted by Crippen LogP contribution is 2.28. The molecule has 4 nitrogen and oxygen atoms in total. The van der Waals surface area contributed by atoms with E-state index in [1.54, 1.807) is 11.4 Å². The van der Waals surface area contributed by atoms with Gasteiger partial charge in [-0.1, -0.05) is 48.0 Å². The van der Waals surface area contributed by atoms with Crippen LogP contribution in [0.1, 0.15) is 5.56 Å². The summed E-state index contributed by atoms with van der Waals surface area (Å²) in [6.45, 7) is 0. The van der Waals surface area contributed by atoms with Gasteiger partial charge >= 0.3 is 12.1 Å². The maximum atomic E-state index is 12.5. The molecule has 0 spiro atoms. The molecule has 0 unspecified atom stereocenters. The molecule has 29 heavy (non-hydrogen) atoms. The van der Waals surface area contributed by atoms with Gasteiger partial charge in [0, 0.05) is 11.1 Å². The average Bonchev–Trinajstić information content (AvgIpc) is 2.67. The zero-order chi connectivity index (χ0) is 21.0. The van der Waals surface area contributed by atoms with Crippen molar-refractivity contribution in [2.45, 2.75) is 6.18 Å². The summed E-state index contributed by atoms with van der Waals surface area (Å²) in [5, 5.41) is 6.38. The van der Waals surface area contributed by atoms with Gasteiger partial charge in [-0.3, -0.25) is 9.59 Å². The standard InChI is InChI=1S/C21H14ClF3N2O2/c22-16-8-9-17(27-20(29)21(23,24)25)18(12-16)26-19(28)10-6-13-5-7-14-3-1-2-4-15(14)11-13/h1-12H,(H,26,28)(H,27,29). The highest BCUT2D eigenvalue weighted by Gasteiger charge is 2.39. The number of alkyl halides is 3. The second kappa shape index (κ2) is 8.36. The zero-order valence-electron chi connectivity index (χ0n) is 14.8. The summed E-state index contributed by atoms with van der Waals surface area (Å²) in [4.78, 5) is 23.4. The van der Waals surface area contributed by atoms with Crippen LogP contribution in [0.5, 0.6) is 0 Å². The van der Waals surface area contributed by atoms with E-state index in [1.807, 2.05) is 42.5 Å². The number of benzene rings is 3. The Morgan fingerprint density at radius 1 is 0.862 bits per heavy atom. The van der Waals surface area contributed by atoms with E-state index in [0.29, 0.717) is 0 Å². The van der Waals surface area contributed by atoms with Crippen LogP contribution in [0.3, 0.4) is 0 Å². The number of anilines is 2. The molecule has 0 radical (unpaired) electrons. The van der Waals surface area contributed by atoms with E-state index in [4.69, 9.17) is 11.6 Å². The first-order valence-electron chi connectivity index (χ1n) is 8.38. The minimum absolute atomic E-state index is 0.0525. The van der Waals surface area contributed by atoms with Crippen LogP contribution in [0, 0.1) is 0 Å². The molecule has 3 rings (SSSR count). The summed E-state index contributed by atoms with van der Waals surface area (Å²) in [6, 6.07) is 17.1. The predicted octanol–water partition coefficient (Wildman–Crippen LogP) is 5.65. The average molecular weight is 419 g/mol. The van der Waals surface area contributed by atoms with E-state index in [1.165, 1.54) is 24.3 Å². The van der Waals surface area contributed by atoms with E-state index >= 15 is 0 Å². The van der Waals surface area contributed by atoms with Crippen LogP contribution in [0.15, 0.2) is 66.7 Å². The number of halogens is 4. The molecule has 0 aliphatic rings.